The van der Waals surface area contributed by atoms with Gasteiger partial charge in [0.25, 0.3) is 0 Å². The van der Waals surface area contributed by atoms with Gasteiger partial charge in [0.05, 0.1) is 29.1 Å². The number of hydrogen-bond donors (Lipinski definition) is 1. The summed E-state index contributed by atoms with van der Waals surface area (Å²) < 4.78 is 7.64. The molecule has 1 aromatic heterocycles. The summed E-state index contributed by atoms with van der Waals surface area (Å²) in [7, 11) is 1.90. The first-order valence-corrected chi connectivity index (χ1v) is 6.06. The van der Waals surface area contributed by atoms with Crippen molar-refractivity contribution in [2.45, 2.75) is 32.5 Å². The van der Waals surface area contributed by atoms with E-state index in [1.165, 1.54) is 6.42 Å². The number of halogens is 1. The SMILES string of the molecule is Cc1nn(C)c(COC2CCCNC2)c1Cl. The van der Waals surface area contributed by atoms with Gasteiger partial charge in [-0.2, -0.15) is 5.10 Å². The second-order valence-corrected chi connectivity index (χ2v) is 4.63. The van der Waals surface area contributed by atoms with Gasteiger partial charge in [-0.3, -0.25) is 4.68 Å². The molecule has 1 aliphatic rings. The van der Waals surface area contributed by atoms with E-state index in [1.807, 2.05) is 14.0 Å². The topological polar surface area (TPSA) is 39.1 Å². The molecule has 4 nitrogen and oxygen atoms in total. The summed E-state index contributed by atoms with van der Waals surface area (Å²) in [4.78, 5) is 0. The van der Waals surface area contributed by atoms with Crippen LogP contribution in [0.25, 0.3) is 0 Å². The monoisotopic (exact) mass is 243 g/mol. The highest BCUT2D eigenvalue weighted by atomic mass is 35.5. The van der Waals surface area contributed by atoms with E-state index in [2.05, 4.69) is 10.4 Å². The van der Waals surface area contributed by atoms with Gasteiger partial charge < -0.3 is 10.1 Å². The molecule has 1 unspecified atom stereocenters. The second kappa shape index (κ2) is 5.17. The van der Waals surface area contributed by atoms with Crippen LogP contribution in [-0.2, 0) is 18.4 Å². The fourth-order valence-electron chi connectivity index (χ4n) is 2.00. The zero-order valence-electron chi connectivity index (χ0n) is 9.79. The molecular formula is C11H18ClN3O. The molecule has 1 N–H and O–H groups in total. The maximum atomic E-state index is 6.15. The van der Waals surface area contributed by atoms with Gasteiger partial charge in [-0.15, -0.1) is 0 Å². The van der Waals surface area contributed by atoms with Gasteiger partial charge in [0.2, 0.25) is 0 Å². The lowest BCUT2D eigenvalue weighted by molar-refractivity contribution is 0.0222. The molecule has 0 aromatic carbocycles. The van der Waals surface area contributed by atoms with Gasteiger partial charge in [-0.25, -0.2) is 0 Å². The van der Waals surface area contributed by atoms with Crippen molar-refractivity contribution in [3.63, 3.8) is 0 Å². The minimum atomic E-state index is 0.306. The van der Waals surface area contributed by atoms with E-state index in [-0.39, 0.29) is 0 Å². The van der Waals surface area contributed by atoms with Crippen LogP contribution in [0.15, 0.2) is 0 Å². The van der Waals surface area contributed by atoms with Crippen molar-refractivity contribution in [3.05, 3.63) is 16.4 Å². The molecule has 0 bridgehead atoms. The van der Waals surface area contributed by atoms with Gasteiger partial charge in [0.1, 0.15) is 0 Å². The molecule has 2 rings (SSSR count). The quantitative estimate of drug-likeness (QED) is 0.878. The van der Waals surface area contributed by atoms with Crippen LogP contribution in [0.5, 0.6) is 0 Å². The third kappa shape index (κ3) is 2.56. The van der Waals surface area contributed by atoms with Crippen LogP contribution in [0.3, 0.4) is 0 Å². The second-order valence-electron chi connectivity index (χ2n) is 4.25. The largest absolute Gasteiger partial charge is 0.371 e. The van der Waals surface area contributed by atoms with Gasteiger partial charge in [0, 0.05) is 13.6 Å². The van der Waals surface area contributed by atoms with Crippen LogP contribution in [0.1, 0.15) is 24.2 Å². The smallest absolute Gasteiger partial charge is 0.0904 e. The molecule has 1 aromatic rings. The van der Waals surface area contributed by atoms with Crippen molar-refractivity contribution in [1.29, 1.82) is 0 Å². The van der Waals surface area contributed by atoms with E-state index in [1.54, 1.807) is 4.68 Å². The minimum Gasteiger partial charge on any atom is -0.371 e. The normalized spacial score (nSPS) is 21.3. The highest BCUT2D eigenvalue weighted by Gasteiger charge is 2.16. The first-order valence-electron chi connectivity index (χ1n) is 5.68. The molecule has 90 valence electrons. The molecular weight excluding hydrogens is 226 g/mol. The zero-order chi connectivity index (χ0) is 11.5. The number of hydrogen-bond acceptors (Lipinski definition) is 3. The predicted octanol–water partition coefficient (Wildman–Crippen LogP) is 1.65. The molecule has 0 spiro atoms. The summed E-state index contributed by atoms with van der Waals surface area (Å²) in [6.45, 7) is 4.50. The van der Waals surface area contributed by atoms with Crippen LogP contribution >= 0.6 is 11.6 Å². The molecule has 1 atom stereocenters. The average molecular weight is 244 g/mol. The van der Waals surface area contributed by atoms with E-state index in [0.717, 1.165) is 35.9 Å². The fraction of sp³-hybridized carbons (Fsp3) is 0.727. The van der Waals surface area contributed by atoms with Crippen LogP contribution < -0.4 is 5.32 Å². The van der Waals surface area contributed by atoms with E-state index in [9.17, 15) is 0 Å². The number of ether oxygens (including phenoxy) is 1. The number of rotatable bonds is 3. The van der Waals surface area contributed by atoms with Crippen molar-refractivity contribution in [3.8, 4) is 0 Å². The lowest BCUT2D eigenvalue weighted by Gasteiger charge is -2.23. The molecule has 0 aliphatic carbocycles. The Kier molecular flexibility index (Phi) is 3.84. The van der Waals surface area contributed by atoms with Crippen LogP contribution in [0.4, 0.5) is 0 Å². The Morgan fingerprint density at radius 2 is 2.44 bits per heavy atom. The number of aryl methyl sites for hydroxylation is 2. The maximum Gasteiger partial charge on any atom is 0.0904 e. The first kappa shape index (κ1) is 11.9. The van der Waals surface area contributed by atoms with Gasteiger partial charge in [-0.05, 0) is 26.3 Å². The standard InChI is InChI=1S/C11H18ClN3O/c1-8-11(12)10(15(2)14-8)7-16-9-4-3-5-13-6-9/h9,13H,3-7H2,1-2H3. The van der Waals surface area contributed by atoms with E-state index in [4.69, 9.17) is 16.3 Å². The van der Waals surface area contributed by atoms with Crippen LogP contribution in [0.2, 0.25) is 5.02 Å². The van der Waals surface area contributed by atoms with Crippen LogP contribution in [0, 0.1) is 6.92 Å². The summed E-state index contributed by atoms with van der Waals surface area (Å²) in [5, 5.41) is 8.32. The number of nitrogens with one attached hydrogen (secondary N) is 1. The zero-order valence-corrected chi connectivity index (χ0v) is 10.5. The molecule has 5 heteroatoms. The maximum absolute atomic E-state index is 6.15. The van der Waals surface area contributed by atoms with Gasteiger partial charge in [-0.1, -0.05) is 11.6 Å². The molecule has 2 heterocycles. The van der Waals surface area contributed by atoms with Crippen LogP contribution in [-0.4, -0.2) is 29.0 Å². The van der Waals surface area contributed by atoms with Crippen molar-refractivity contribution in [1.82, 2.24) is 15.1 Å². The molecule has 1 aliphatic heterocycles. The third-order valence-corrected chi connectivity index (χ3v) is 3.46. The summed E-state index contributed by atoms with van der Waals surface area (Å²) in [5.41, 5.74) is 1.83. The van der Waals surface area contributed by atoms with Crippen molar-refractivity contribution >= 4 is 11.6 Å². The molecule has 1 saturated heterocycles. The van der Waals surface area contributed by atoms with E-state index >= 15 is 0 Å². The Bertz CT molecular complexity index is 358. The van der Waals surface area contributed by atoms with Crippen molar-refractivity contribution in [2.75, 3.05) is 13.1 Å². The highest BCUT2D eigenvalue weighted by Crippen LogP contribution is 2.21. The van der Waals surface area contributed by atoms with Crippen molar-refractivity contribution < 1.29 is 4.74 Å². The fourth-order valence-corrected chi connectivity index (χ4v) is 2.21. The molecule has 16 heavy (non-hydrogen) atoms. The Hall–Kier alpha value is -0.580. The molecule has 1 fully saturated rings. The summed E-state index contributed by atoms with van der Waals surface area (Å²) in [6, 6.07) is 0. The summed E-state index contributed by atoms with van der Waals surface area (Å²) >= 11 is 6.15. The average Bonchev–Trinajstić information content (AvgIpc) is 2.53. The summed E-state index contributed by atoms with van der Waals surface area (Å²) in [6.07, 6.45) is 2.62. The summed E-state index contributed by atoms with van der Waals surface area (Å²) in [5.74, 6) is 0. The Morgan fingerprint density at radius 1 is 1.62 bits per heavy atom. The van der Waals surface area contributed by atoms with Gasteiger partial charge in [0.15, 0.2) is 0 Å². The van der Waals surface area contributed by atoms with E-state index in [0.29, 0.717) is 12.7 Å². The Labute approximate surface area is 101 Å². The lowest BCUT2D eigenvalue weighted by atomic mass is 10.1. The van der Waals surface area contributed by atoms with E-state index < -0.39 is 0 Å². The molecule has 0 amide bonds. The molecule has 0 radical (unpaired) electrons. The predicted molar refractivity (Wildman–Crippen MR) is 63.6 cm³/mol. The lowest BCUT2D eigenvalue weighted by Crippen LogP contribution is -2.35. The highest BCUT2D eigenvalue weighted by molar-refractivity contribution is 6.31. The Balaban J connectivity index is 1.93. The number of aromatic nitrogens is 2. The van der Waals surface area contributed by atoms with Crippen molar-refractivity contribution in [2.24, 2.45) is 7.05 Å². The van der Waals surface area contributed by atoms with Gasteiger partial charge >= 0.3 is 0 Å². The third-order valence-electron chi connectivity index (χ3n) is 2.97. The molecule has 0 saturated carbocycles. The Morgan fingerprint density at radius 3 is 3.00 bits per heavy atom. The first-order chi connectivity index (χ1) is 7.68. The minimum absolute atomic E-state index is 0.306. The number of nitrogens with zero attached hydrogens (tertiary/aromatic N) is 2. The number of piperidine rings is 1.